The van der Waals surface area contributed by atoms with Crippen molar-refractivity contribution in [1.82, 2.24) is 10.9 Å². The van der Waals surface area contributed by atoms with Gasteiger partial charge in [0.05, 0.1) is 6.10 Å². The van der Waals surface area contributed by atoms with Gasteiger partial charge in [-0.1, -0.05) is 12.1 Å². The number of nitrogens with one attached hydrogen (secondary N) is 3. The number of aryl methyl sites for hydroxylation is 2. The topological polar surface area (TPSA) is 96.5 Å². The lowest BCUT2D eigenvalue weighted by Crippen LogP contribution is -2.41. The minimum atomic E-state index is -0.450. The monoisotopic (exact) mass is 397 g/mol. The highest BCUT2D eigenvalue weighted by molar-refractivity contribution is 5.96. The zero-order valence-electron chi connectivity index (χ0n) is 17.2. The number of ether oxygens (including phenoxy) is 1. The first-order valence-electron chi connectivity index (χ1n) is 9.47. The van der Waals surface area contributed by atoms with Crippen molar-refractivity contribution in [1.29, 1.82) is 0 Å². The number of hydrogen-bond donors (Lipinski definition) is 3. The minimum Gasteiger partial charge on any atom is -0.491 e. The van der Waals surface area contributed by atoms with Crippen molar-refractivity contribution in [3.63, 3.8) is 0 Å². The van der Waals surface area contributed by atoms with Crippen molar-refractivity contribution >= 4 is 23.4 Å². The van der Waals surface area contributed by atoms with Gasteiger partial charge in [0.15, 0.2) is 0 Å². The van der Waals surface area contributed by atoms with Crippen molar-refractivity contribution in [2.24, 2.45) is 0 Å². The molecule has 0 bridgehead atoms. The molecule has 0 heterocycles. The van der Waals surface area contributed by atoms with Gasteiger partial charge in [-0.15, -0.1) is 0 Å². The summed E-state index contributed by atoms with van der Waals surface area (Å²) in [5.74, 6) is -0.500. The molecule has 0 saturated heterocycles. The molecular weight excluding hydrogens is 370 g/mol. The molecule has 0 spiro atoms. The second-order valence-corrected chi connectivity index (χ2v) is 7.06. The number of anilines is 1. The molecule has 0 atom stereocenters. The van der Waals surface area contributed by atoms with E-state index in [0.29, 0.717) is 11.3 Å². The highest BCUT2D eigenvalue weighted by Gasteiger charge is 2.11. The van der Waals surface area contributed by atoms with Crippen LogP contribution < -0.4 is 20.9 Å². The Balaban J connectivity index is 1.75. The van der Waals surface area contributed by atoms with Gasteiger partial charge in [-0.25, -0.2) is 0 Å². The van der Waals surface area contributed by atoms with Crippen molar-refractivity contribution in [2.45, 2.75) is 46.6 Å². The minimum absolute atomic E-state index is 0.0102. The van der Waals surface area contributed by atoms with Crippen LogP contribution >= 0.6 is 0 Å². The van der Waals surface area contributed by atoms with E-state index in [4.69, 9.17) is 4.74 Å². The van der Waals surface area contributed by atoms with E-state index in [0.717, 1.165) is 16.8 Å². The third-order valence-corrected chi connectivity index (χ3v) is 4.05. The normalized spacial score (nSPS) is 10.4. The molecule has 0 aliphatic rings. The van der Waals surface area contributed by atoms with Crippen LogP contribution in [-0.4, -0.2) is 23.8 Å². The quantitative estimate of drug-likeness (QED) is 0.625. The van der Waals surface area contributed by atoms with Gasteiger partial charge in [-0.3, -0.25) is 25.2 Å². The lowest BCUT2D eigenvalue weighted by molar-refractivity contribution is -0.124. The van der Waals surface area contributed by atoms with Gasteiger partial charge < -0.3 is 10.1 Å². The summed E-state index contributed by atoms with van der Waals surface area (Å²) in [6.45, 7) is 7.67. The maximum absolute atomic E-state index is 12.1. The van der Waals surface area contributed by atoms with Crippen LogP contribution in [0.3, 0.4) is 0 Å². The van der Waals surface area contributed by atoms with Crippen LogP contribution in [0.1, 0.15) is 48.2 Å². The van der Waals surface area contributed by atoms with Crippen LogP contribution in [0.5, 0.6) is 5.75 Å². The molecule has 7 nitrogen and oxygen atoms in total. The average Bonchev–Trinajstić information content (AvgIpc) is 2.67. The van der Waals surface area contributed by atoms with E-state index in [2.05, 4.69) is 16.2 Å². The second-order valence-electron chi connectivity index (χ2n) is 7.06. The summed E-state index contributed by atoms with van der Waals surface area (Å²) in [7, 11) is 0. The maximum atomic E-state index is 12.1. The lowest BCUT2D eigenvalue weighted by Gasteiger charge is -2.11. The Morgan fingerprint density at radius 1 is 0.897 bits per heavy atom. The summed E-state index contributed by atoms with van der Waals surface area (Å²) >= 11 is 0. The lowest BCUT2D eigenvalue weighted by atomic mass is 10.1. The number of carbonyl (C=O) groups excluding carboxylic acids is 3. The van der Waals surface area contributed by atoms with E-state index in [1.165, 1.54) is 0 Å². The van der Waals surface area contributed by atoms with Gasteiger partial charge in [-0.05, 0) is 69.2 Å². The van der Waals surface area contributed by atoms with Gasteiger partial charge in [-0.2, -0.15) is 0 Å². The van der Waals surface area contributed by atoms with Gasteiger partial charge in [0.25, 0.3) is 5.91 Å². The van der Waals surface area contributed by atoms with Crippen LogP contribution in [0.15, 0.2) is 42.5 Å². The van der Waals surface area contributed by atoms with Gasteiger partial charge in [0.1, 0.15) is 5.75 Å². The fourth-order valence-electron chi connectivity index (χ4n) is 2.53. The van der Waals surface area contributed by atoms with Crippen LogP contribution in [0.25, 0.3) is 0 Å². The molecule has 0 aliphatic carbocycles. The summed E-state index contributed by atoms with van der Waals surface area (Å²) < 4.78 is 5.52. The van der Waals surface area contributed by atoms with E-state index in [9.17, 15) is 14.4 Å². The Kier molecular flexibility index (Phi) is 7.77. The molecule has 3 amide bonds. The molecule has 0 fully saturated rings. The molecule has 7 heteroatoms. The number of amides is 3. The third-order valence-electron chi connectivity index (χ3n) is 4.05. The summed E-state index contributed by atoms with van der Waals surface area (Å²) in [6, 6.07) is 12.4. The predicted octanol–water partition coefficient (Wildman–Crippen LogP) is 3.27. The summed E-state index contributed by atoms with van der Waals surface area (Å²) in [6.07, 6.45) is 0.00932. The van der Waals surface area contributed by atoms with Gasteiger partial charge >= 0.3 is 0 Å². The van der Waals surface area contributed by atoms with Crippen molar-refractivity contribution in [2.75, 3.05) is 5.32 Å². The van der Waals surface area contributed by atoms with E-state index < -0.39 is 11.8 Å². The number of hydrazine groups is 1. The molecule has 0 aliphatic heterocycles. The zero-order chi connectivity index (χ0) is 21.4. The largest absolute Gasteiger partial charge is 0.491 e. The predicted molar refractivity (Wildman–Crippen MR) is 112 cm³/mol. The Bertz CT molecular complexity index is 876. The number of benzene rings is 2. The second kappa shape index (κ2) is 10.3. The summed E-state index contributed by atoms with van der Waals surface area (Å²) in [4.78, 5) is 36.0. The number of rotatable bonds is 7. The highest BCUT2D eigenvalue weighted by Crippen LogP contribution is 2.17. The zero-order valence-corrected chi connectivity index (χ0v) is 17.2. The third kappa shape index (κ3) is 7.29. The molecule has 2 aromatic rings. The highest BCUT2D eigenvalue weighted by atomic mass is 16.5. The molecule has 29 heavy (non-hydrogen) atoms. The molecule has 0 aromatic heterocycles. The fraction of sp³-hybridized carbons (Fsp3) is 0.318. The molecule has 0 unspecified atom stereocenters. The standard InChI is InChI=1S/C22H27N3O4/c1-14(2)29-18-9-7-17(8-10-18)22(28)25-24-21(27)12-11-20(26)23-19-13-15(3)5-6-16(19)4/h5-10,13-14H,11-12H2,1-4H3,(H,23,26)(H,24,27)(H,25,28). The Morgan fingerprint density at radius 2 is 1.55 bits per heavy atom. The van der Waals surface area contributed by atoms with Crippen LogP contribution in [-0.2, 0) is 9.59 Å². The molecule has 2 aromatic carbocycles. The van der Waals surface area contributed by atoms with Crippen LogP contribution in [0, 0.1) is 13.8 Å². The number of hydrogen-bond acceptors (Lipinski definition) is 4. The first kappa shape index (κ1) is 21.9. The van der Waals surface area contributed by atoms with Gasteiger partial charge in [0, 0.05) is 24.1 Å². The van der Waals surface area contributed by atoms with Crippen molar-refractivity contribution < 1.29 is 19.1 Å². The Hall–Kier alpha value is -3.35. The van der Waals surface area contributed by atoms with Crippen LogP contribution in [0.4, 0.5) is 5.69 Å². The molecule has 0 radical (unpaired) electrons. The Labute approximate surface area is 170 Å². The Morgan fingerprint density at radius 3 is 2.21 bits per heavy atom. The first-order chi connectivity index (χ1) is 13.7. The van der Waals surface area contributed by atoms with E-state index >= 15 is 0 Å². The van der Waals surface area contributed by atoms with E-state index in [1.807, 2.05) is 45.9 Å². The summed E-state index contributed by atoms with van der Waals surface area (Å²) in [5.41, 5.74) is 7.76. The van der Waals surface area contributed by atoms with Crippen molar-refractivity contribution in [3.05, 3.63) is 59.2 Å². The fourth-order valence-corrected chi connectivity index (χ4v) is 2.53. The summed E-state index contributed by atoms with van der Waals surface area (Å²) in [5, 5.41) is 2.80. The molecule has 3 N–H and O–H groups in total. The maximum Gasteiger partial charge on any atom is 0.269 e. The molecule has 2 rings (SSSR count). The van der Waals surface area contributed by atoms with Crippen LogP contribution in [0.2, 0.25) is 0 Å². The number of carbonyl (C=O) groups is 3. The smallest absolute Gasteiger partial charge is 0.269 e. The molecule has 154 valence electrons. The SMILES string of the molecule is Cc1ccc(C)c(NC(=O)CCC(=O)NNC(=O)c2ccc(OC(C)C)cc2)c1. The van der Waals surface area contributed by atoms with E-state index in [1.54, 1.807) is 24.3 Å². The molecule has 0 saturated carbocycles. The van der Waals surface area contributed by atoms with Crippen molar-refractivity contribution in [3.8, 4) is 5.75 Å². The van der Waals surface area contributed by atoms with Gasteiger partial charge in [0.2, 0.25) is 11.8 Å². The molecular formula is C22H27N3O4. The van der Waals surface area contributed by atoms with E-state index in [-0.39, 0.29) is 24.9 Å². The average molecular weight is 397 g/mol. The first-order valence-corrected chi connectivity index (χ1v) is 9.47.